The van der Waals surface area contributed by atoms with Crippen molar-refractivity contribution in [3.05, 3.63) is 29.8 Å². The van der Waals surface area contributed by atoms with E-state index in [1.165, 1.54) is 18.2 Å². The van der Waals surface area contributed by atoms with E-state index in [0.717, 1.165) is 0 Å². The highest BCUT2D eigenvalue weighted by Crippen LogP contribution is 2.20. The predicted octanol–water partition coefficient (Wildman–Crippen LogP) is 1.97. The molecule has 0 aliphatic heterocycles. The first kappa shape index (κ1) is 13.9. The fraction of sp³-hybridized carbons (Fsp3) is 0.500. The van der Waals surface area contributed by atoms with E-state index in [1.807, 2.05) is 6.92 Å². The number of rotatable bonds is 8. The van der Waals surface area contributed by atoms with Gasteiger partial charge in [0.2, 0.25) is 0 Å². The normalized spacial score (nSPS) is 10.5. The molecule has 1 rings (SSSR count). The van der Waals surface area contributed by atoms with Crippen LogP contribution in [0.5, 0.6) is 5.75 Å². The van der Waals surface area contributed by atoms with E-state index in [0.29, 0.717) is 26.3 Å². The lowest BCUT2D eigenvalue weighted by molar-refractivity contribution is 0.148. The Kier molecular flexibility index (Phi) is 6.50. The fourth-order valence-corrected chi connectivity index (χ4v) is 1.26. The molecule has 0 spiro atoms. The number of nitrogens with one attached hydrogen (secondary N) is 1. The van der Waals surface area contributed by atoms with E-state index < -0.39 is 11.6 Å². The Hall–Kier alpha value is -1.20. The van der Waals surface area contributed by atoms with Crippen LogP contribution in [-0.4, -0.2) is 32.9 Å². The van der Waals surface area contributed by atoms with Crippen LogP contribution in [-0.2, 0) is 4.74 Å². The fourth-order valence-electron chi connectivity index (χ4n) is 1.26. The van der Waals surface area contributed by atoms with Crippen LogP contribution in [0.4, 0.5) is 8.78 Å². The molecule has 0 bridgehead atoms. The second-order valence-electron chi connectivity index (χ2n) is 3.35. The molecule has 0 aromatic heterocycles. The minimum Gasteiger partial charge on any atom is -0.486 e. The molecule has 0 saturated heterocycles. The van der Waals surface area contributed by atoms with Crippen LogP contribution in [0.1, 0.15) is 6.92 Å². The molecule has 0 aliphatic rings. The molecule has 0 heterocycles. The SMILES string of the molecule is CCOCCNCCOc1c(F)cccc1F. The zero-order valence-electron chi connectivity index (χ0n) is 9.84. The number of hydrogen-bond acceptors (Lipinski definition) is 3. The average Bonchev–Trinajstić information content (AvgIpc) is 2.31. The lowest BCUT2D eigenvalue weighted by atomic mass is 10.3. The highest BCUT2D eigenvalue weighted by Gasteiger charge is 2.08. The van der Waals surface area contributed by atoms with Crippen LogP contribution in [0, 0.1) is 11.6 Å². The first-order valence-electron chi connectivity index (χ1n) is 5.61. The van der Waals surface area contributed by atoms with Gasteiger partial charge in [-0.15, -0.1) is 0 Å². The first-order chi connectivity index (χ1) is 8.25. The summed E-state index contributed by atoms with van der Waals surface area (Å²) >= 11 is 0. The van der Waals surface area contributed by atoms with Gasteiger partial charge in [-0.05, 0) is 19.1 Å². The van der Waals surface area contributed by atoms with Crippen molar-refractivity contribution in [3.8, 4) is 5.75 Å². The lowest BCUT2D eigenvalue weighted by Crippen LogP contribution is -2.25. The largest absolute Gasteiger partial charge is 0.486 e. The molecule has 5 heteroatoms. The molecule has 17 heavy (non-hydrogen) atoms. The number of hydrogen-bond donors (Lipinski definition) is 1. The molecule has 1 N–H and O–H groups in total. The van der Waals surface area contributed by atoms with Crippen molar-refractivity contribution < 1.29 is 18.3 Å². The lowest BCUT2D eigenvalue weighted by Gasteiger charge is -2.09. The molecular weight excluding hydrogens is 228 g/mol. The van der Waals surface area contributed by atoms with Crippen LogP contribution >= 0.6 is 0 Å². The van der Waals surface area contributed by atoms with Gasteiger partial charge in [-0.2, -0.15) is 0 Å². The summed E-state index contributed by atoms with van der Waals surface area (Å²) in [6.07, 6.45) is 0. The summed E-state index contributed by atoms with van der Waals surface area (Å²) in [5.74, 6) is -1.68. The standard InChI is InChI=1S/C12H17F2NO2/c1-2-16-8-6-15-7-9-17-12-10(13)4-3-5-11(12)14/h3-5,15H,2,6-9H2,1H3. The average molecular weight is 245 g/mol. The third-order valence-electron chi connectivity index (χ3n) is 2.07. The maximum atomic E-state index is 13.1. The van der Waals surface area contributed by atoms with Crippen LogP contribution in [0.3, 0.4) is 0 Å². The van der Waals surface area contributed by atoms with Crippen LogP contribution in [0.2, 0.25) is 0 Å². The highest BCUT2D eigenvalue weighted by atomic mass is 19.1. The van der Waals surface area contributed by atoms with Crippen molar-refractivity contribution in [2.75, 3.05) is 32.9 Å². The Balaban J connectivity index is 2.18. The van der Waals surface area contributed by atoms with Gasteiger partial charge in [0, 0.05) is 19.7 Å². The summed E-state index contributed by atoms with van der Waals surface area (Å²) in [5, 5.41) is 3.03. The Bertz CT molecular complexity index is 314. The maximum Gasteiger partial charge on any atom is 0.190 e. The molecule has 0 saturated carbocycles. The quantitative estimate of drug-likeness (QED) is 0.710. The molecule has 96 valence electrons. The van der Waals surface area contributed by atoms with Crippen LogP contribution in [0.25, 0.3) is 0 Å². The van der Waals surface area contributed by atoms with E-state index >= 15 is 0 Å². The number of para-hydroxylation sites is 1. The zero-order valence-corrected chi connectivity index (χ0v) is 9.84. The van der Waals surface area contributed by atoms with Crippen molar-refractivity contribution in [1.29, 1.82) is 0 Å². The van der Waals surface area contributed by atoms with Crippen molar-refractivity contribution in [1.82, 2.24) is 5.32 Å². The van der Waals surface area contributed by atoms with Gasteiger partial charge in [-0.1, -0.05) is 6.07 Å². The molecule has 1 aromatic carbocycles. The van der Waals surface area contributed by atoms with Gasteiger partial charge in [0.15, 0.2) is 17.4 Å². The molecule has 0 amide bonds. The summed E-state index contributed by atoms with van der Waals surface area (Å²) in [6, 6.07) is 3.64. The second kappa shape index (κ2) is 7.97. The summed E-state index contributed by atoms with van der Waals surface area (Å²) < 4.78 is 36.4. The van der Waals surface area contributed by atoms with E-state index in [2.05, 4.69) is 5.32 Å². The first-order valence-corrected chi connectivity index (χ1v) is 5.61. The van der Waals surface area contributed by atoms with Crippen LogP contribution in [0.15, 0.2) is 18.2 Å². The molecule has 0 radical (unpaired) electrons. The number of benzene rings is 1. The molecule has 0 fully saturated rings. The van der Waals surface area contributed by atoms with Crippen molar-refractivity contribution in [2.24, 2.45) is 0 Å². The minimum absolute atomic E-state index is 0.212. The topological polar surface area (TPSA) is 30.5 Å². The molecule has 3 nitrogen and oxygen atoms in total. The van der Waals surface area contributed by atoms with E-state index in [9.17, 15) is 8.78 Å². The van der Waals surface area contributed by atoms with E-state index in [1.54, 1.807) is 0 Å². The summed E-state index contributed by atoms with van der Waals surface area (Å²) in [7, 11) is 0. The Morgan fingerprint density at radius 1 is 1.12 bits per heavy atom. The van der Waals surface area contributed by atoms with E-state index in [-0.39, 0.29) is 12.4 Å². The second-order valence-corrected chi connectivity index (χ2v) is 3.35. The zero-order chi connectivity index (χ0) is 12.5. The number of halogens is 2. The smallest absolute Gasteiger partial charge is 0.190 e. The van der Waals surface area contributed by atoms with Crippen molar-refractivity contribution in [3.63, 3.8) is 0 Å². The van der Waals surface area contributed by atoms with Gasteiger partial charge >= 0.3 is 0 Å². The van der Waals surface area contributed by atoms with Gasteiger partial charge in [0.1, 0.15) is 6.61 Å². The number of ether oxygens (including phenoxy) is 2. The van der Waals surface area contributed by atoms with E-state index in [4.69, 9.17) is 9.47 Å². The third-order valence-corrected chi connectivity index (χ3v) is 2.07. The van der Waals surface area contributed by atoms with Crippen LogP contribution < -0.4 is 10.1 Å². The Labute approximate surface area is 99.7 Å². The molecule has 0 atom stereocenters. The highest BCUT2D eigenvalue weighted by molar-refractivity contribution is 5.25. The van der Waals surface area contributed by atoms with Gasteiger partial charge in [-0.25, -0.2) is 8.78 Å². The monoisotopic (exact) mass is 245 g/mol. The van der Waals surface area contributed by atoms with Crippen molar-refractivity contribution >= 4 is 0 Å². The Morgan fingerprint density at radius 2 is 1.76 bits per heavy atom. The maximum absolute atomic E-state index is 13.1. The van der Waals surface area contributed by atoms with Gasteiger partial charge in [-0.3, -0.25) is 0 Å². The predicted molar refractivity (Wildman–Crippen MR) is 61.2 cm³/mol. The third kappa shape index (κ3) is 5.10. The van der Waals surface area contributed by atoms with Gasteiger partial charge < -0.3 is 14.8 Å². The molecule has 1 aromatic rings. The summed E-state index contributed by atoms with van der Waals surface area (Å²) in [4.78, 5) is 0. The van der Waals surface area contributed by atoms with Gasteiger partial charge in [0.05, 0.1) is 6.61 Å². The van der Waals surface area contributed by atoms with Gasteiger partial charge in [0.25, 0.3) is 0 Å². The molecule has 0 unspecified atom stereocenters. The molecule has 0 aliphatic carbocycles. The molecular formula is C12H17F2NO2. The summed E-state index contributed by atoms with van der Waals surface area (Å²) in [5.41, 5.74) is 0. The van der Waals surface area contributed by atoms with Crippen molar-refractivity contribution in [2.45, 2.75) is 6.92 Å². The Morgan fingerprint density at radius 3 is 2.41 bits per heavy atom. The minimum atomic E-state index is -0.681. The summed E-state index contributed by atoms with van der Waals surface area (Å²) in [6.45, 7) is 4.63.